The van der Waals surface area contributed by atoms with Crippen molar-refractivity contribution in [1.82, 2.24) is 4.72 Å². The molecule has 0 radical (unpaired) electrons. The van der Waals surface area contributed by atoms with Gasteiger partial charge in [-0.25, -0.2) is 13.1 Å². The van der Waals surface area contributed by atoms with E-state index in [-0.39, 0.29) is 4.90 Å². The Morgan fingerprint density at radius 3 is 2.24 bits per heavy atom. The Balaban J connectivity index is 2.20. The van der Waals surface area contributed by atoms with E-state index in [4.69, 9.17) is 0 Å². The molecule has 21 heavy (non-hydrogen) atoms. The first-order valence-corrected chi connectivity index (χ1v) is 8.29. The summed E-state index contributed by atoms with van der Waals surface area (Å²) in [7, 11) is -3.86. The van der Waals surface area contributed by atoms with Crippen LogP contribution in [0.3, 0.4) is 0 Å². The van der Waals surface area contributed by atoms with Crippen LogP contribution in [0, 0.1) is 0 Å². The minimum absolute atomic E-state index is 0.195. The third-order valence-electron chi connectivity index (χ3n) is 2.79. The van der Waals surface area contributed by atoms with Gasteiger partial charge in [-0.15, -0.1) is 11.3 Å². The summed E-state index contributed by atoms with van der Waals surface area (Å²) in [5, 5.41) is 1.82. The second kappa shape index (κ2) is 5.78. The van der Waals surface area contributed by atoms with Gasteiger partial charge >= 0.3 is 6.18 Å². The molecule has 0 unspecified atom stereocenters. The Hall–Kier alpha value is -1.38. The summed E-state index contributed by atoms with van der Waals surface area (Å²) in [6.07, 6.45) is -4.49. The van der Waals surface area contributed by atoms with Gasteiger partial charge in [0.25, 0.3) is 0 Å². The first-order valence-electron chi connectivity index (χ1n) is 5.93. The summed E-state index contributed by atoms with van der Waals surface area (Å²) in [6, 6.07) is 6.54. The lowest BCUT2D eigenvalue weighted by Gasteiger charge is -2.13. The number of sulfonamides is 1. The van der Waals surface area contributed by atoms with Crippen LogP contribution in [0.5, 0.6) is 0 Å². The standard InChI is InChI=1S/C13H12F3NO2S2/c1-9(12-3-2-8-20-12)17-21(18,19)11-6-4-10(5-7-11)13(14,15)16/h2-9,17H,1H3/t9-/m0/s1. The van der Waals surface area contributed by atoms with Crippen molar-refractivity contribution in [1.29, 1.82) is 0 Å². The van der Waals surface area contributed by atoms with E-state index in [1.807, 2.05) is 5.38 Å². The molecule has 1 aromatic heterocycles. The Morgan fingerprint density at radius 2 is 1.76 bits per heavy atom. The lowest BCUT2D eigenvalue weighted by molar-refractivity contribution is -0.137. The number of halogens is 3. The van der Waals surface area contributed by atoms with Crippen molar-refractivity contribution in [3.8, 4) is 0 Å². The second-order valence-electron chi connectivity index (χ2n) is 4.38. The van der Waals surface area contributed by atoms with Gasteiger partial charge in [0.1, 0.15) is 0 Å². The smallest absolute Gasteiger partial charge is 0.207 e. The number of thiophene rings is 1. The molecule has 8 heteroatoms. The lowest BCUT2D eigenvalue weighted by Crippen LogP contribution is -2.26. The number of nitrogens with one attached hydrogen (secondary N) is 1. The average molecular weight is 335 g/mol. The molecule has 0 aliphatic rings. The highest BCUT2D eigenvalue weighted by atomic mass is 32.2. The van der Waals surface area contributed by atoms with Gasteiger partial charge in [-0.2, -0.15) is 13.2 Å². The summed E-state index contributed by atoms with van der Waals surface area (Å²) in [6.45, 7) is 1.67. The van der Waals surface area contributed by atoms with Crippen LogP contribution >= 0.6 is 11.3 Å². The maximum atomic E-state index is 12.4. The molecule has 1 N–H and O–H groups in total. The summed E-state index contributed by atoms with van der Waals surface area (Å²) < 4.78 is 64.0. The van der Waals surface area contributed by atoms with Crippen molar-refractivity contribution in [2.45, 2.75) is 24.0 Å². The van der Waals surface area contributed by atoms with Crippen LogP contribution in [-0.2, 0) is 16.2 Å². The Morgan fingerprint density at radius 1 is 1.14 bits per heavy atom. The van der Waals surface area contributed by atoms with Crippen LogP contribution in [0.4, 0.5) is 13.2 Å². The average Bonchev–Trinajstić information content (AvgIpc) is 2.91. The summed E-state index contributed by atoms with van der Waals surface area (Å²) in [5.74, 6) is 0. The van der Waals surface area contributed by atoms with Crippen molar-refractivity contribution >= 4 is 21.4 Å². The largest absolute Gasteiger partial charge is 0.416 e. The predicted molar refractivity (Wildman–Crippen MR) is 74.5 cm³/mol. The Bertz CT molecular complexity index is 692. The van der Waals surface area contributed by atoms with E-state index >= 15 is 0 Å². The van der Waals surface area contributed by atoms with Crippen molar-refractivity contribution < 1.29 is 21.6 Å². The molecule has 1 heterocycles. The van der Waals surface area contributed by atoms with Crippen molar-refractivity contribution in [3.05, 3.63) is 52.2 Å². The highest BCUT2D eigenvalue weighted by molar-refractivity contribution is 7.89. The lowest BCUT2D eigenvalue weighted by atomic mass is 10.2. The molecule has 1 atom stereocenters. The van der Waals surface area contributed by atoms with Crippen LogP contribution in [0.15, 0.2) is 46.7 Å². The van der Waals surface area contributed by atoms with Gasteiger partial charge in [-0.05, 0) is 42.6 Å². The van der Waals surface area contributed by atoms with Crippen molar-refractivity contribution in [2.75, 3.05) is 0 Å². The van der Waals surface area contributed by atoms with Crippen LogP contribution in [0.1, 0.15) is 23.4 Å². The molecule has 0 spiro atoms. The molecule has 0 aliphatic heterocycles. The van der Waals surface area contributed by atoms with E-state index in [1.165, 1.54) is 11.3 Å². The Labute approximate surface area is 124 Å². The van der Waals surface area contributed by atoms with Crippen LogP contribution in [0.2, 0.25) is 0 Å². The fraction of sp³-hybridized carbons (Fsp3) is 0.231. The van der Waals surface area contributed by atoms with E-state index in [9.17, 15) is 21.6 Å². The van der Waals surface area contributed by atoms with Gasteiger partial charge in [0.15, 0.2) is 0 Å². The molecule has 2 aromatic rings. The molecule has 2 rings (SSSR count). The molecule has 3 nitrogen and oxygen atoms in total. The molecule has 0 bridgehead atoms. The monoisotopic (exact) mass is 335 g/mol. The van der Waals surface area contributed by atoms with E-state index in [1.54, 1.807) is 19.1 Å². The fourth-order valence-corrected chi connectivity index (χ4v) is 3.75. The highest BCUT2D eigenvalue weighted by Gasteiger charge is 2.30. The molecule has 0 fully saturated rings. The maximum Gasteiger partial charge on any atom is 0.416 e. The zero-order chi connectivity index (χ0) is 15.7. The fourth-order valence-electron chi connectivity index (χ4n) is 1.72. The number of hydrogen-bond acceptors (Lipinski definition) is 3. The van der Waals surface area contributed by atoms with Crippen LogP contribution in [-0.4, -0.2) is 8.42 Å². The van der Waals surface area contributed by atoms with Crippen LogP contribution in [0.25, 0.3) is 0 Å². The van der Waals surface area contributed by atoms with Crippen molar-refractivity contribution in [3.63, 3.8) is 0 Å². The normalized spacial score (nSPS) is 14.1. The second-order valence-corrected chi connectivity index (χ2v) is 7.07. The van der Waals surface area contributed by atoms with E-state index in [2.05, 4.69) is 4.72 Å². The summed E-state index contributed by atoms with van der Waals surface area (Å²) in [5.41, 5.74) is -0.882. The number of alkyl halides is 3. The topological polar surface area (TPSA) is 46.2 Å². The molecular formula is C13H12F3NO2S2. The molecule has 0 amide bonds. The minimum atomic E-state index is -4.49. The minimum Gasteiger partial charge on any atom is -0.207 e. The quantitative estimate of drug-likeness (QED) is 0.923. The SMILES string of the molecule is C[C@H](NS(=O)(=O)c1ccc(C(F)(F)F)cc1)c1cccs1. The number of rotatable bonds is 4. The van der Waals surface area contributed by atoms with E-state index in [0.29, 0.717) is 0 Å². The zero-order valence-corrected chi connectivity index (χ0v) is 12.5. The predicted octanol–water partition coefficient (Wildman–Crippen LogP) is 3.81. The first kappa shape index (κ1) is 16.0. The molecule has 1 aromatic carbocycles. The van der Waals surface area contributed by atoms with E-state index in [0.717, 1.165) is 29.1 Å². The summed E-state index contributed by atoms with van der Waals surface area (Å²) >= 11 is 1.40. The summed E-state index contributed by atoms with van der Waals surface area (Å²) in [4.78, 5) is 0.629. The third-order valence-corrected chi connectivity index (χ3v) is 5.41. The van der Waals surface area contributed by atoms with Crippen molar-refractivity contribution in [2.24, 2.45) is 0 Å². The van der Waals surface area contributed by atoms with Crippen LogP contribution < -0.4 is 4.72 Å². The molecule has 0 saturated heterocycles. The Kier molecular flexibility index (Phi) is 4.40. The van der Waals surface area contributed by atoms with Gasteiger partial charge in [-0.3, -0.25) is 0 Å². The highest BCUT2D eigenvalue weighted by Crippen LogP contribution is 2.30. The van der Waals surface area contributed by atoms with E-state index < -0.39 is 27.8 Å². The molecule has 114 valence electrons. The first-order chi connectivity index (χ1) is 9.70. The number of hydrogen-bond donors (Lipinski definition) is 1. The third kappa shape index (κ3) is 3.84. The number of benzene rings is 1. The zero-order valence-electron chi connectivity index (χ0n) is 10.9. The molecular weight excluding hydrogens is 323 g/mol. The van der Waals surface area contributed by atoms with Gasteiger partial charge in [-0.1, -0.05) is 6.07 Å². The van der Waals surface area contributed by atoms with Gasteiger partial charge < -0.3 is 0 Å². The maximum absolute atomic E-state index is 12.4. The van der Waals surface area contributed by atoms with Gasteiger partial charge in [0.05, 0.1) is 16.5 Å². The van der Waals surface area contributed by atoms with Gasteiger partial charge in [0.2, 0.25) is 10.0 Å². The van der Waals surface area contributed by atoms with Gasteiger partial charge in [0, 0.05) is 4.88 Å². The molecule has 0 aliphatic carbocycles. The molecule has 0 saturated carbocycles.